The number of nitrogens with zero attached hydrogens (tertiary/aromatic N) is 7. The predicted octanol–water partition coefficient (Wildman–Crippen LogP) is 3.38. The van der Waals surface area contributed by atoms with Crippen molar-refractivity contribution in [1.29, 1.82) is 0 Å². The zero-order valence-corrected chi connectivity index (χ0v) is 18.5. The van der Waals surface area contributed by atoms with E-state index in [1.165, 1.54) is 0 Å². The minimum atomic E-state index is 0.0743. The van der Waals surface area contributed by atoms with Crippen molar-refractivity contribution in [2.45, 2.75) is 6.42 Å². The zero-order valence-electron chi connectivity index (χ0n) is 17.0. The van der Waals surface area contributed by atoms with Gasteiger partial charge in [0.2, 0.25) is 5.91 Å². The Morgan fingerprint density at radius 3 is 2.44 bits per heavy atom. The molecular weight excluding hydrogens is 449 g/mol. The smallest absolute Gasteiger partial charge is 0.227 e. The van der Waals surface area contributed by atoms with Crippen LogP contribution in [-0.2, 0) is 11.2 Å². The molecule has 5 rings (SSSR count). The lowest BCUT2D eigenvalue weighted by Crippen LogP contribution is -2.49. The molecular formula is C22H19Cl2N7O. The van der Waals surface area contributed by atoms with Gasteiger partial charge in [0.15, 0.2) is 11.5 Å². The zero-order chi connectivity index (χ0) is 22.1. The fourth-order valence-electron chi connectivity index (χ4n) is 3.75. The summed E-state index contributed by atoms with van der Waals surface area (Å²) < 4.78 is 1.74. The van der Waals surface area contributed by atoms with E-state index in [0.29, 0.717) is 54.1 Å². The van der Waals surface area contributed by atoms with Gasteiger partial charge in [0.1, 0.15) is 5.82 Å². The molecule has 4 aromatic rings. The van der Waals surface area contributed by atoms with Crippen LogP contribution in [0.2, 0.25) is 10.0 Å². The van der Waals surface area contributed by atoms with Crippen LogP contribution >= 0.6 is 23.2 Å². The number of fused-ring (bicyclic) bond motifs is 1. The van der Waals surface area contributed by atoms with Gasteiger partial charge in [0.05, 0.1) is 16.5 Å². The van der Waals surface area contributed by atoms with Crippen LogP contribution in [-0.4, -0.2) is 61.8 Å². The molecule has 162 valence electrons. The lowest BCUT2D eigenvalue weighted by Gasteiger charge is -2.35. The standard InChI is InChI=1S/C22H19Cl2N7O/c23-17-2-1-15(13-18(17)24)14-21(32)30-11-9-29(10-12-30)20-4-3-19-26-27-22(31(19)28-20)16-5-7-25-8-6-16/h1-8,13H,9-12,14H2. The molecule has 3 aromatic heterocycles. The SMILES string of the molecule is O=C(Cc1ccc(Cl)c(Cl)c1)N1CCN(c2ccc3nnc(-c4ccncc4)n3n2)CC1. The third-order valence-corrected chi connectivity index (χ3v) is 6.22. The van der Waals surface area contributed by atoms with Gasteiger partial charge < -0.3 is 9.80 Å². The Labute approximate surface area is 194 Å². The molecule has 8 nitrogen and oxygen atoms in total. The van der Waals surface area contributed by atoms with Crippen LogP contribution in [0.25, 0.3) is 17.0 Å². The largest absolute Gasteiger partial charge is 0.352 e. The molecule has 0 N–H and O–H groups in total. The number of piperazine rings is 1. The van der Waals surface area contributed by atoms with E-state index < -0.39 is 0 Å². The summed E-state index contributed by atoms with van der Waals surface area (Å²) in [4.78, 5) is 20.8. The van der Waals surface area contributed by atoms with Gasteiger partial charge in [-0.15, -0.1) is 15.3 Å². The van der Waals surface area contributed by atoms with Crippen molar-refractivity contribution in [3.05, 3.63) is 70.5 Å². The first-order valence-corrected chi connectivity index (χ1v) is 10.9. The maximum atomic E-state index is 12.7. The molecule has 10 heteroatoms. The lowest BCUT2D eigenvalue weighted by molar-refractivity contribution is -0.130. The molecule has 0 atom stereocenters. The molecule has 0 unspecified atom stereocenters. The van der Waals surface area contributed by atoms with Crippen LogP contribution in [0.1, 0.15) is 5.56 Å². The van der Waals surface area contributed by atoms with Crippen molar-refractivity contribution in [3.63, 3.8) is 0 Å². The van der Waals surface area contributed by atoms with Crippen molar-refractivity contribution in [3.8, 4) is 11.4 Å². The number of hydrogen-bond donors (Lipinski definition) is 0. The van der Waals surface area contributed by atoms with Crippen LogP contribution < -0.4 is 4.90 Å². The average molecular weight is 468 g/mol. The third kappa shape index (κ3) is 4.11. The second-order valence-electron chi connectivity index (χ2n) is 7.51. The molecule has 0 saturated carbocycles. The quantitative estimate of drug-likeness (QED) is 0.457. The minimum Gasteiger partial charge on any atom is -0.352 e. The lowest BCUT2D eigenvalue weighted by atomic mass is 10.1. The molecule has 0 aliphatic carbocycles. The summed E-state index contributed by atoms with van der Waals surface area (Å²) in [7, 11) is 0. The van der Waals surface area contributed by atoms with Crippen molar-refractivity contribution in [2.24, 2.45) is 0 Å². The summed E-state index contributed by atoms with van der Waals surface area (Å²) in [5.41, 5.74) is 2.43. The Kier molecular flexibility index (Phi) is 5.63. The number of rotatable bonds is 4. The number of halogens is 2. The van der Waals surface area contributed by atoms with Gasteiger partial charge in [-0.05, 0) is 42.0 Å². The van der Waals surface area contributed by atoms with E-state index in [2.05, 4.69) is 20.1 Å². The number of pyridine rings is 1. The van der Waals surface area contributed by atoms with Crippen molar-refractivity contribution < 1.29 is 4.79 Å². The van der Waals surface area contributed by atoms with Crippen molar-refractivity contribution in [2.75, 3.05) is 31.1 Å². The number of hydrogen-bond acceptors (Lipinski definition) is 6. The Hall–Kier alpha value is -3.23. The summed E-state index contributed by atoms with van der Waals surface area (Å²) in [6, 6.07) is 12.9. The number of amides is 1. The second kappa shape index (κ2) is 8.72. The topological polar surface area (TPSA) is 79.5 Å². The van der Waals surface area contributed by atoms with E-state index in [0.717, 1.165) is 16.9 Å². The summed E-state index contributed by atoms with van der Waals surface area (Å²) in [6.45, 7) is 2.63. The van der Waals surface area contributed by atoms with Gasteiger partial charge in [-0.2, -0.15) is 4.52 Å². The van der Waals surface area contributed by atoms with Gasteiger partial charge in [0.25, 0.3) is 0 Å². The molecule has 0 bridgehead atoms. The van der Waals surface area contributed by atoms with Crippen LogP contribution in [0, 0.1) is 0 Å². The maximum Gasteiger partial charge on any atom is 0.227 e. The normalized spacial score (nSPS) is 14.2. The first-order valence-electron chi connectivity index (χ1n) is 10.2. The third-order valence-electron chi connectivity index (χ3n) is 5.48. The Morgan fingerprint density at radius 2 is 1.69 bits per heavy atom. The first-order chi connectivity index (χ1) is 15.6. The summed E-state index contributed by atoms with van der Waals surface area (Å²) >= 11 is 12.0. The number of carbonyl (C=O) groups excluding carboxylic acids is 1. The minimum absolute atomic E-state index is 0.0743. The van der Waals surface area contributed by atoms with E-state index in [4.69, 9.17) is 28.3 Å². The number of benzene rings is 1. The Bertz CT molecular complexity index is 1270. The van der Waals surface area contributed by atoms with Gasteiger partial charge in [0, 0.05) is 44.1 Å². The number of anilines is 1. The molecule has 4 heterocycles. The van der Waals surface area contributed by atoms with Crippen molar-refractivity contribution >= 4 is 40.6 Å². The monoisotopic (exact) mass is 467 g/mol. The highest BCUT2D eigenvalue weighted by atomic mass is 35.5. The average Bonchev–Trinajstić information content (AvgIpc) is 3.25. The van der Waals surface area contributed by atoms with E-state index in [-0.39, 0.29) is 5.91 Å². The van der Waals surface area contributed by atoms with E-state index in [1.807, 2.05) is 35.2 Å². The summed E-state index contributed by atoms with van der Waals surface area (Å²) in [5, 5.41) is 14.2. The molecule has 1 aliphatic rings. The maximum absolute atomic E-state index is 12.7. The highest BCUT2D eigenvalue weighted by Crippen LogP contribution is 2.24. The summed E-state index contributed by atoms with van der Waals surface area (Å²) in [5.74, 6) is 1.56. The molecule has 0 spiro atoms. The van der Waals surface area contributed by atoms with Crippen LogP contribution in [0.15, 0.2) is 54.9 Å². The number of carbonyl (C=O) groups is 1. The first kappa shape index (κ1) is 20.7. The van der Waals surface area contributed by atoms with E-state index in [9.17, 15) is 4.79 Å². The van der Waals surface area contributed by atoms with Gasteiger partial charge in [-0.25, -0.2) is 0 Å². The van der Waals surface area contributed by atoms with Crippen LogP contribution in [0.3, 0.4) is 0 Å². The fraction of sp³-hybridized carbons (Fsp3) is 0.227. The Morgan fingerprint density at radius 1 is 0.906 bits per heavy atom. The molecule has 1 aromatic carbocycles. The summed E-state index contributed by atoms with van der Waals surface area (Å²) in [6.07, 6.45) is 3.74. The molecule has 1 aliphatic heterocycles. The second-order valence-corrected chi connectivity index (χ2v) is 8.33. The molecule has 0 radical (unpaired) electrons. The molecule has 1 amide bonds. The van der Waals surface area contributed by atoms with Gasteiger partial charge in [-0.3, -0.25) is 9.78 Å². The van der Waals surface area contributed by atoms with Gasteiger partial charge in [-0.1, -0.05) is 29.3 Å². The highest BCUT2D eigenvalue weighted by molar-refractivity contribution is 6.42. The molecule has 1 fully saturated rings. The molecule has 1 saturated heterocycles. The fourth-order valence-corrected chi connectivity index (χ4v) is 4.07. The molecule has 32 heavy (non-hydrogen) atoms. The number of aromatic nitrogens is 5. The highest BCUT2D eigenvalue weighted by Gasteiger charge is 2.23. The van der Waals surface area contributed by atoms with Crippen molar-refractivity contribution in [1.82, 2.24) is 29.7 Å². The van der Waals surface area contributed by atoms with E-state index >= 15 is 0 Å². The van der Waals surface area contributed by atoms with E-state index in [1.54, 1.807) is 29.0 Å². The van der Waals surface area contributed by atoms with Gasteiger partial charge >= 0.3 is 0 Å². The predicted molar refractivity (Wildman–Crippen MR) is 123 cm³/mol. The van der Waals surface area contributed by atoms with Crippen LogP contribution in [0.5, 0.6) is 0 Å². The Balaban J connectivity index is 1.27. The van der Waals surface area contributed by atoms with Crippen LogP contribution in [0.4, 0.5) is 5.82 Å².